The molecule has 4 aromatic rings. The molecule has 3 aromatic carbocycles. The van der Waals surface area contributed by atoms with Gasteiger partial charge in [0.1, 0.15) is 29.2 Å². The summed E-state index contributed by atoms with van der Waals surface area (Å²) in [6, 6.07) is 22.9. The average Bonchev–Trinajstić information content (AvgIpc) is 3.31. The number of aryl methyl sites for hydroxylation is 1. The van der Waals surface area contributed by atoms with Crippen LogP contribution < -0.4 is 10.6 Å². The Morgan fingerprint density at radius 3 is 2.38 bits per heavy atom. The second-order valence-electron chi connectivity index (χ2n) is 9.80. The third-order valence-electron chi connectivity index (χ3n) is 6.88. The highest BCUT2D eigenvalue weighted by Crippen LogP contribution is 2.34. The highest BCUT2D eigenvalue weighted by atomic mass is 19.1. The number of anilines is 2. The molecule has 2 heterocycles. The molecule has 2 amide bonds. The summed E-state index contributed by atoms with van der Waals surface area (Å²) in [5, 5.41) is 6.44. The molecule has 1 unspecified atom stereocenters. The van der Waals surface area contributed by atoms with E-state index in [-0.39, 0.29) is 24.2 Å². The molecule has 0 radical (unpaired) electrons. The lowest BCUT2D eigenvalue weighted by atomic mass is 10.0. The van der Waals surface area contributed by atoms with Crippen LogP contribution >= 0.6 is 0 Å². The number of imidazole rings is 1. The number of halogens is 1. The Hall–Kier alpha value is -4.46. The lowest BCUT2D eigenvalue weighted by Gasteiger charge is -2.32. The van der Waals surface area contributed by atoms with Crippen LogP contribution in [0.5, 0.6) is 0 Å². The summed E-state index contributed by atoms with van der Waals surface area (Å²) in [5.74, 6) is 0.876. The van der Waals surface area contributed by atoms with E-state index in [1.54, 1.807) is 17.0 Å². The molecule has 7 nitrogen and oxygen atoms in total. The molecule has 0 spiro atoms. The highest BCUT2D eigenvalue weighted by molar-refractivity contribution is 5.89. The van der Waals surface area contributed by atoms with E-state index < -0.39 is 6.04 Å². The Kier molecular flexibility index (Phi) is 7.72. The molecule has 0 saturated carbocycles. The molecule has 0 saturated heterocycles. The van der Waals surface area contributed by atoms with Gasteiger partial charge in [-0.05, 0) is 55.3 Å². The number of carbonyl (C=O) groups excluding carboxylic acids is 2. The number of nitrogens with one attached hydrogen (secondary N) is 2. The molecule has 2 N–H and O–H groups in total. The first-order valence-corrected chi connectivity index (χ1v) is 13.2. The Morgan fingerprint density at radius 2 is 1.69 bits per heavy atom. The van der Waals surface area contributed by atoms with Gasteiger partial charge in [0.05, 0.1) is 6.54 Å². The number of benzene rings is 3. The second kappa shape index (κ2) is 11.5. The van der Waals surface area contributed by atoms with Gasteiger partial charge < -0.3 is 20.1 Å². The van der Waals surface area contributed by atoms with Crippen LogP contribution in [0.1, 0.15) is 42.8 Å². The summed E-state index contributed by atoms with van der Waals surface area (Å²) in [7, 11) is 0. The predicted octanol–water partition coefficient (Wildman–Crippen LogP) is 5.74. The maximum Gasteiger partial charge on any atom is 0.250 e. The molecule has 0 aliphatic carbocycles. The van der Waals surface area contributed by atoms with Crippen LogP contribution in [0.4, 0.5) is 15.9 Å². The summed E-state index contributed by atoms with van der Waals surface area (Å²) in [6.45, 7) is 5.24. The van der Waals surface area contributed by atoms with Crippen molar-refractivity contribution in [2.75, 3.05) is 11.9 Å². The van der Waals surface area contributed by atoms with Crippen molar-refractivity contribution in [3.8, 4) is 11.3 Å². The molecule has 39 heavy (non-hydrogen) atoms. The van der Waals surface area contributed by atoms with Crippen LogP contribution in [0.25, 0.3) is 11.3 Å². The van der Waals surface area contributed by atoms with Crippen LogP contribution in [0.3, 0.4) is 0 Å². The molecule has 0 bridgehead atoms. The van der Waals surface area contributed by atoms with Gasteiger partial charge in [-0.2, -0.15) is 0 Å². The van der Waals surface area contributed by atoms with E-state index in [0.717, 1.165) is 34.0 Å². The van der Waals surface area contributed by atoms with E-state index >= 15 is 0 Å². The van der Waals surface area contributed by atoms with E-state index in [9.17, 15) is 14.0 Å². The SMILES string of the molecule is CCCC(=O)NC(C(=O)N1CCn2c(nc(-c3ccc(F)cc3)c2Nc2ccc(C)cc2)C1)c1ccccc1. The minimum Gasteiger partial charge on any atom is -0.341 e. The highest BCUT2D eigenvalue weighted by Gasteiger charge is 2.32. The topological polar surface area (TPSA) is 79.3 Å². The monoisotopic (exact) mass is 525 g/mol. The zero-order valence-corrected chi connectivity index (χ0v) is 22.2. The van der Waals surface area contributed by atoms with Crippen LogP contribution in [-0.2, 0) is 22.7 Å². The third kappa shape index (κ3) is 5.85. The lowest BCUT2D eigenvalue weighted by Crippen LogP contribution is -2.46. The number of carbonyl (C=O) groups is 2. The van der Waals surface area contributed by atoms with Crippen molar-refractivity contribution in [2.24, 2.45) is 0 Å². The Balaban J connectivity index is 1.47. The number of hydrogen-bond donors (Lipinski definition) is 2. The standard InChI is InChI=1S/C31H32FN5O2/c1-3-7-27(38)35-29(22-8-5-4-6-9-22)31(39)36-18-19-37-26(20-36)34-28(23-12-14-24(32)15-13-23)30(37)33-25-16-10-21(2)11-17-25/h4-6,8-17,29,33H,3,7,18-20H2,1-2H3,(H,35,38). The summed E-state index contributed by atoms with van der Waals surface area (Å²) in [6.07, 6.45) is 1.06. The van der Waals surface area contributed by atoms with Gasteiger partial charge in [-0.15, -0.1) is 0 Å². The first-order valence-electron chi connectivity index (χ1n) is 13.2. The van der Waals surface area contributed by atoms with E-state index in [1.807, 2.05) is 68.4 Å². The van der Waals surface area contributed by atoms with Crippen molar-refractivity contribution in [3.05, 3.63) is 102 Å². The minimum atomic E-state index is -0.770. The van der Waals surface area contributed by atoms with E-state index in [1.165, 1.54) is 12.1 Å². The Labute approximate surface area is 227 Å². The van der Waals surface area contributed by atoms with Gasteiger partial charge in [-0.1, -0.05) is 55.0 Å². The van der Waals surface area contributed by atoms with Crippen LogP contribution in [0.2, 0.25) is 0 Å². The molecule has 1 aliphatic heterocycles. The molecule has 1 atom stereocenters. The van der Waals surface area contributed by atoms with Crippen molar-refractivity contribution in [1.29, 1.82) is 0 Å². The maximum atomic E-state index is 13.8. The summed E-state index contributed by atoms with van der Waals surface area (Å²) in [5.41, 5.74) is 4.28. The zero-order chi connectivity index (χ0) is 27.4. The average molecular weight is 526 g/mol. The maximum absolute atomic E-state index is 13.8. The van der Waals surface area contributed by atoms with E-state index in [2.05, 4.69) is 15.2 Å². The molecule has 200 valence electrons. The molecular formula is C31H32FN5O2. The number of fused-ring (bicyclic) bond motifs is 1. The van der Waals surface area contributed by atoms with Crippen LogP contribution in [-0.4, -0.2) is 32.8 Å². The largest absolute Gasteiger partial charge is 0.341 e. The first-order chi connectivity index (χ1) is 18.9. The van der Waals surface area contributed by atoms with Gasteiger partial charge in [0.25, 0.3) is 0 Å². The molecule has 5 rings (SSSR count). The summed E-state index contributed by atoms with van der Waals surface area (Å²) >= 11 is 0. The Morgan fingerprint density at radius 1 is 0.974 bits per heavy atom. The number of rotatable bonds is 8. The molecule has 1 aromatic heterocycles. The third-order valence-corrected chi connectivity index (χ3v) is 6.88. The number of aromatic nitrogens is 2. The molecule has 0 fully saturated rings. The number of hydrogen-bond acceptors (Lipinski definition) is 4. The van der Waals surface area contributed by atoms with Gasteiger partial charge in [0, 0.05) is 30.8 Å². The zero-order valence-electron chi connectivity index (χ0n) is 22.2. The van der Waals surface area contributed by atoms with Gasteiger partial charge in [-0.3, -0.25) is 9.59 Å². The van der Waals surface area contributed by atoms with Crippen molar-refractivity contribution in [1.82, 2.24) is 19.8 Å². The lowest BCUT2D eigenvalue weighted by molar-refractivity contribution is -0.138. The van der Waals surface area contributed by atoms with Crippen LogP contribution in [0, 0.1) is 12.7 Å². The van der Waals surface area contributed by atoms with Gasteiger partial charge in [-0.25, -0.2) is 9.37 Å². The van der Waals surface area contributed by atoms with E-state index in [4.69, 9.17) is 4.98 Å². The van der Waals surface area contributed by atoms with Crippen molar-refractivity contribution < 1.29 is 14.0 Å². The van der Waals surface area contributed by atoms with Crippen molar-refractivity contribution >= 4 is 23.3 Å². The smallest absolute Gasteiger partial charge is 0.250 e. The fourth-order valence-corrected chi connectivity index (χ4v) is 4.80. The molecule has 1 aliphatic rings. The van der Waals surface area contributed by atoms with Crippen LogP contribution in [0.15, 0.2) is 78.9 Å². The summed E-state index contributed by atoms with van der Waals surface area (Å²) in [4.78, 5) is 33.0. The predicted molar refractivity (Wildman–Crippen MR) is 150 cm³/mol. The fraction of sp³-hybridized carbons (Fsp3) is 0.258. The molecular weight excluding hydrogens is 493 g/mol. The first kappa shape index (κ1) is 26.2. The normalized spacial score (nSPS) is 13.5. The van der Waals surface area contributed by atoms with Gasteiger partial charge >= 0.3 is 0 Å². The van der Waals surface area contributed by atoms with Crippen molar-refractivity contribution in [3.63, 3.8) is 0 Å². The quantitative estimate of drug-likeness (QED) is 0.307. The Bertz CT molecular complexity index is 1450. The van der Waals surface area contributed by atoms with Crippen molar-refractivity contribution in [2.45, 2.75) is 45.8 Å². The minimum absolute atomic E-state index is 0.151. The van der Waals surface area contributed by atoms with Gasteiger partial charge in [0.15, 0.2) is 0 Å². The van der Waals surface area contributed by atoms with Gasteiger partial charge in [0.2, 0.25) is 11.8 Å². The number of nitrogens with zero attached hydrogens (tertiary/aromatic N) is 3. The number of amides is 2. The van der Waals surface area contributed by atoms with E-state index in [0.29, 0.717) is 31.6 Å². The molecule has 8 heteroatoms. The second-order valence-corrected chi connectivity index (χ2v) is 9.80. The summed E-state index contributed by atoms with van der Waals surface area (Å²) < 4.78 is 15.8. The fourth-order valence-electron chi connectivity index (χ4n) is 4.80.